The molecule has 0 fully saturated rings. The lowest BCUT2D eigenvalue weighted by molar-refractivity contribution is 0.463. The Balaban J connectivity index is 2.46. The Kier molecular flexibility index (Phi) is 14.3. The molecule has 0 heterocycles. The van der Waals surface area contributed by atoms with E-state index in [0.717, 1.165) is 19.3 Å². The number of benzene rings is 1. The van der Waals surface area contributed by atoms with Gasteiger partial charge in [-0.2, -0.15) is 0 Å². The van der Waals surface area contributed by atoms with Crippen LogP contribution in [0.5, 0.6) is 5.75 Å². The third-order valence-electron chi connectivity index (χ3n) is 5.95. The number of unbranched alkanes of at least 4 members (excludes halogenated alkanes) is 12. The van der Waals surface area contributed by atoms with Crippen molar-refractivity contribution in [2.45, 2.75) is 130 Å². The molecule has 0 aliphatic rings. The molecule has 0 atom stereocenters. The third kappa shape index (κ3) is 10.2. The molecule has 1 nitrogen and oxygen atoms in total. The van der Waals surface area contributed by atoms with E-state index >= 15 is 0 Å². The number of rotatable bonds is 17. The van der Waals surface area contributed by atoms with Crippen molar-refractivity contribution in [3.05, 3.63) is 28.8 Å². The highest BCUT2D eigenvalue weighted by molar-refractivity contribution is 5.44. The van der Waals surface area contributed by atoms with Crippen molar-refractivity contribution in [2.24, 2.45) is 0 Å². The van der Waals surface area contributed by atoms with E-state index in [1.54, 1.807) is 0 Å². The summed E-state index contributed by atoms with van der Waals surface area (Å²) in [7, 11) is 0. The molecule has 27 heavy (non-hydrogen) atoms. The molecule has 0 aromatic heterocycles. The van der Waals surface area contributed by atoms with Gasteiger partial charge in [-0.1, -0.05) is 104 Å². The predicted molar refractivity (Wildman–Crippen MR) is 121 cm³/mol. The molecule has 0 aliphatic heterocycles. The van der Waals surface area contributed by atoms with Gasteiger partial charge in [-0.3, -0.25) is 0 Å². The number of aryl methyl sites for hydroxylation is 1. The normalized spacial score (nSPS) is 11.2. The Morgan fingerprint density at radius 2 is 1.00 bits per heavy atom. The van der Waals surface area contributed by atoms with E-state index in [9.17, 15) is 5.11 Å². The fraction of sp³-hybridized carbons (Fsp3) is 0.769. The number of hydrogen-bond donors (Lipinski definition) is 1. The second-order valence-electron chi connectivity index (χ2n) is 8.30. The van der Waals surface area contributed by atoms with E-state index in [4.69, 9.17) is 0 Å². The van der Waals surface area contributed by atoms with E-state index in [1.165, 1.54) is 107 Å². The highest BCUT2D eigenvalue weighted by Gasteiger charge is 2.12. The zero-order valence-electron chi connectivity index (χ0n) is 18.6. The minimum atomic E-state index is 0.538. The molecule has 0 bridgehead atoms. The Labute approximate surface area is 170 Å². The molecule has 0 saturated carbocycles. The number of hydrogen-bond acceptors (Lipinski definition) is 1. The summed E-state index contributed by atoms with van der Waals surface area (Å²) in [6.45, 7) is 6.80. The molecule has 1 heteroatoms. The molecule has 156 valence electrons. The molecular weight excluding hydrogens is 328 g/mol. The average Bonchev–Trinajstić information content (AvgIpc) is 2.68. The minimum absolute atomic E-state index is 0.538. The summed E-state index contributed by atoms with van der Waals surface area (Å²) in [4.78, 5) is 0. The van der Waals surface area contributed by atoms with Gasteiger partial charge in [-0.15, -0.1) is 0 Å². The van der Waals surface area contributed by atoms with E-state index in [2.05, 4.69) is 26.8 Å². The van der Waals surface area contributed by atoms with E-state index in [0.29, 0.717) is 5.75 Å². The number of phenols is 1. The molecule has 1 aromatic rings. The van der Waals surface area contributed by atoms with Gasteiger partial charge in [-0.25, -0.2) is 0 Å². The summed E-state index contributed by atoms with van der Waals surface area (Å²) in [5.74, 6) is 0.538. The van der Waals surface area contributed by atoms with Crippen LogP contribution in [0, 0.1) is 0 Å². The molecule has 1 rings (SSSR count). The van der Waals surface area contributed by atoms with E-state index in [-0.39, 0.29) is 0 Å². The van der Waals surface area contributed by atoms with Crippen LogP contribution < -0.4 is 0 Å². The summed E-state index contributed by atoms with van der Waals surface area (Å²) in [5.41, 5.74) is 4.18. The Morgan fingerprint density at radius 3 is 1.48 bits per heavy atom. The molecule has 1 N–H and O–H groups in total. The molecule has 0 radical (unpaired) electrons. The second kappa shape index (κ2) is 16.0. The van der Waals surface area contributed by atoms with E-state index in [1.807, 2.05) is 6.07 Å². The van der Waals surface area contributed by atoms with Gasteiger partial charge < -0.3 is 5.11 Å². The Hall–Kier alpha value is -0.980. The summed E-state index contributed by atoms with van der Waals surface area (Å²) in [6.07, 6.45) is 22.1. The molecule has 0 unspecified atom stereocenters. The zero-order chi connectivity index (χ0) is 19.7. The summed E-state index contributed by atoms with van der Waals surface area (Å²) < 4.78 is 0. The highest BCUT2D eigenvalue weighted by Crippen LogP contribution is 2.29. The van der Waals surface area contributed by atoms with Gasteiger partial charge in [0.15, 0.2) is 0 Å². The maximum absolute atomic E-state index is 10.5. The Morgan fingerprint density at radius 1 is 0.556 bits per heavy atom. The first-order valence-corrected chi connectivity index (χ1v) is 12.1. The first kappa shape index (κ1) is 24.1. The van der Waals surface area contributed by atoms with Crippen molar-refractivity contribution in [3.63, 3.8) is 0 Å². The second-order valence-corrected chi connectivity index (χ2v) is 8.30. The SMILES string of the molecule is CCCCCCCCCCc1c(O)ccc(CC)c1CCCCCCCC. The van der Waals surface area contributed by atoms with Crippen LogP contribution in [0.2, 0.25) is 0 Å². The van der Waals surface area contributed by atoms with Crippen molar-refractivity contribution >= 4 is 0 Å². The van der Waals surface area contributed by atoms with Crippen LogP contribution in [-0.4, -0.2) is 5.11 Å². The van der Waals surface area contributed by atoms with Crippen LogP contribution in [0.25, 0.3) is 0 Å². The molecule has 0 saturated heterocycles. The molecule has 1 aromatic carbocycles. The first-order valence-electron chi connectivity index (χ1n) is 12.1. The lowest BCUT2D eigenvalue weighted by Gasteiger charge is -2.16. The van der Waals surface area contributed by atoms with Crippen LogP contribution in [0.1, 0.15) is 127 Å². The van der Waals surface area contributed by atoms with Gasteiger partial charge >= 0.3 is 0 Å². The largest absolute Gasteiger partial charge is 0.508 e. The summed E-state index contributed by atoms with van der Waals surface area (Å²) in [6, 6.07) is 4.09. The lowest BCUT2D eigenvalue weighted by Crippen LogP contribution is -2.01. The van der Waals surface area contributed by atoms with Gasteiger partial charge in [0.1, 0.15) is 5.75 Å². The van der Waals surface area contributed by atoms with Crippen molar-refractivity contribution in [3.8, 4) is 5.75 Å². The minimum Gasteiger partial charge on any atom is -0.508 e. The van der Waals surface area contributed by atoms with Crippen LogP contribution in [0.15, 0.2) is 12.1 Å². The zero-order valence-corrected chi connectivity index (χ0v) is 18.6. The fourth-order valence-corrected chi connectivity index (χ4v) is 4.17. The monoisotopic (exact) mass is 374 g/mol. The molecule has 0 amide bonds. The van der Waals surface area contributed by atoms with Crippen molar-refractivity contribution < 1.29 is 5.11 Å². The molecule has 0 spiro atoms. The van der Waals surface area contributed by atoms with Gasteiger partial charge in [0.2, 0.25) is 0 Å². The topological polar surface area (TPSA) is 20.2 Å². The van der Waals surface area contributed by atoms with Crippen molar-refractivity contribution in [2.75, 3.05) is 0 Å². The van der Waals surface area contributed by atoms with Crippen LogP contribution >= 0.6 is 0 Å². The maximum Gasteiger partial charge on any atom is 0.119 e. The first-order chi connectivity index (χ1) is 13.2. The average molecular weight is 375 g/mol. The third-order valence-corrected chi connectivity index (χ3v) is 5.95. The Bertz CT molecular complexity index is 477. The standard InChI is InChI=1S/C26H46O/c1-4-7-9-11-13-14-16-18-20-25-24(19-17-15-12-10-8-5-2)23(6-3)21-22-26(25)27/h21-22,27H,4-20H2,1-3H3. The van der Waals surface area contributed by atoms with Gasteiger partial charge in [0.05, 0.1) is 0 Å². The predicted octanol–water partition coefficient (Wildman–Crippen LogP) is 8.54. The van der Waals surface area contributed by atoms with Crippen LogP contribution in [0.3, 0.4) is 0 Å². The van der Waals surface area contributed by atoms with Crippen molar-refractivity contribution in [1.82, 2.24) is 0 Å². The number of phenolic OH excluding ortho intramolecular Hbond substituents is 1. The van der Waals surface area contributed by atoms with Crippen molar-refractivity contribution in [1.29, 1.82) is 0 Å². The van der Waals surface area contributed by atoms with Gasteiger partial charge in [0.25, 0.3) is 0 Å². The van der Waals surface area contributed by atoms with Gasteiger partial charge in [-0.05, 0) is 54.9 Å². The molecule has 0 aliphatic carbocycles. The lowest BCUT2D eigenvalue weighted by atomic mass is 9.90. The quantitative estimate of drug-likeness (QED) is 0.271. The van der Waals surface area contributed by atoms with Gasteiger partial charge in [0, 0.05) is 0 Å². The van der Waals surface area contributed by atoms with Crippen LogP contribution in [0.4, 0.5) is 0 Å². The summed E-state index contributed by atoms with van der Waals surface area (Å²) >= 11 is 0. The fourth-order valence-electron chi connectivity index (χ4n) is 4.17. The summed E-state index contributed by atoms with van der Waals surface area (Å²) in [5, 5.41) is 10.5. The molecular formula is C26H46O. The van der Waals surface area contributed by atoms with E-state index < -0.39 is 0 Å². The number of aromatic hydroxyl groups is 1. The highest BCUT2D eigenvalue weighted by atomic mass is 16.3. The maximum atomic E-state index is 10.5. The van der Waals surface area contributed by atoms with Crippen LogP contribution in [-0.2, 0) is 19.3 Å². The smallest absolute Gasteiger partial charge is 0.119 e.